The average Bonchev–Trinajstić information content (AvgIpc) is 3.42. The molecule has 0 bridgehead atoms. The van der Waals surface area contributed by atoms with Crippen molar-refractivity contribution in [2.45, 2.75) is 386 Å². The first-order valence-corrected chi connectivity index (χ1v) is 35.2. The second-order valence-electron chi connectivity index (χ2n) is 25.5. The van der Waals surface area contributed by atoms with E-state index >= 15 is 0 Å². The Labute approximate surface area is 492 Å². The highest BCUT2D eigenvalue weighted by Crippen LogP contribution is 2.20. The lowest BCUT2D eigenvalue weighted by Crippen LogP contribution is -2.44. The fraction of sp³-hybridized carbons (Fsp3) is 0.957. The van der Waals surface area contributed by atoms with E-state index in [2.05, 4.69) is 13.8 Å². The van der Waals surface area contributed by atoms with Gasteiger partial charge in [0.1, 0.15) is 13.2 Å². The number of carboxylic acids is 1. The van der Waals surface area contributed by atoms with Crippen molar-refractivity contribution in [3.8, 4) is 0 Å². The topological polar surface area (TPSA) is 111 Å². The molecule has 0 amide bonds. The second-order valence-corrected chi connectivity index (χ2v) is 25.5. The van der Waals surface area contributed by atoms with Crippen molar-refractivity contribution < 1.29 is 42.9 Å². The van der Waals surface area contributed by atoms with Crippen molar-refractivity contribution in [1.82, 2.24) is 0 Å². The predicted octanol–water partition coefficient (Wildman–Crippen LogP) is 20.1. The maximum absolute atomic E-state index is 12.9. The molecular weight excluding hydrogens is 983 g/mol. The van der Waals surface area contributed by atoms with Gasteiger partial charge in [-0.1, -0.05) is 348 Å². The van der Waals surface area contributed by atoms with Crippen LogP contribution < -0.4 is 5.11 Å². The summed E-state index contributed by atoms with van der Waals surface area (Å²) in [6.45, 7) is 4.84. The molecule has 0 rings (SSSR count). The van der Waals surface area contributed by atoms with Crippen LogP contribution in [0, 0.1) is 0 Å². The molecular formula is C70H137NO8. The van der Waals surface area contributed by atoms with Gasteiger partial charge in [-0.25, -0.2) is 0 Å². The molecule has 0 aromatic carbocycles. The molecule has 0 N–H and O–H groups in total. The van der Waals surface area contributed by atoms with E-state index in [-0.39, 0.29) is 32.2 Å². The number of likely N-dealkylation sites (N-methyl/N-ethyl adjacent to an activating group) is 1. The van der Waals surface area contributed by atoms with Gasteiger partial charge in [-0.3, -0.25) is 9.59 Å². The fourth-order valence-electron chi connectivity index (χ4n) is 11.0. The molecule has 0 aliphatic heterocycles. The molecule has 0 radical (unpaired) electrons. The first-order valence-electron chi connectivity index (χ1n) is 35.2. The fourth-order valence-corrected chi connectivity index (χ4v) is 11.0. The Morgan fingerprint density at radius 1 is 0.329 bits per heavy atom. The van der Waals surface area contributed by atoms with Crippen LogP contribution in [0.25, 0.3) is 0 Å². The quantitative estimate of drug-likeness (QED) is 0.0256. The maximum Gasteiger partial charge on any atom is 0.306 e. The van der Waals surface area contributed by atoms with Crippen molar-refractivity contribution >= 4 is 17.9 Å². The third kappa shape index (κ3) is 63.7. The van der Waals surface area contributed by atoms with Gasteiger partial charge < -0.3 is 33.3 Å². The minimum atomic E-state index is -1.62. The zero-order valence-electron chi connectivity index (χ0n) is 53.8. The van der Waals surface area contributed by atoms with Gasteiger partial charge >= 0.3 is 11.9 Å². The van der Waals surface area contributed by atoms with Gasteiger partial charge in [0.05, 0.1) is 40.3 Å². The molecule has 0 heterocycles. The summed E-state index contributed by atoms with van der Waals surface area (Å²) in [6.07, 6.45) is 70.6. The van der Waals surface area contributed by atoms with E-state index in [0.717, 1.165) is 38.5 Å². The summed E-state index contributed by atoms with van der Waals surface area (Å²) in [6, 6.07) is 0. The zero-order valence-corrected chi connectivity index (χ0v) is 53.8. The number of esters is 2. The number of unbranched alkanes of at least 4 members (excludes halogenated alkanes) is 52. The van der Waals surface area contributed by atoms with Crippen LogP contribution in [0.15, 0.2) is 0 Å². The molecule has 0 saturated carbocycles. The maximum atomic E-state index is 12.9. The Bertz CT molecular complexity index is 1260. The Morgan fingerprint density at radius 3 is 0.810 bits per heavy atom. The lowest BCUT2D eigenvalue weighted by Gasteiger charge is -2.26. The molecule has 2 unspecified atom stereocenters. The molecule has 0 spiro atoms. The number of carboxylic acid groups (broad SMARTS) is 1. The number of hydrogen-bond donors (Lipinski definition) is 0. The standard InChI is InChI=1S/C70H137NO8/c1-6-8-10-12-14-16-18-20-22-24-26-28-29-30-31-32-33-34-35-36-37-38-39-40-41-43-45-47-49-51-53-55-57-59-61-68(73)79-66(65-78-70(69(74)75)76-63-62-71(3,4)5)64-77-67(72)60-58-56-54-52-50-48-46-44-42-27-25-23-21-19-17-15-13-11-9-7-2/h66,70H,6-65H2,1-5H3. The molecule has 0 aromatic heterocycles. The summed E-state index contributed by atoms with van der Waals surface area (Å²) in [5.41, 5.74) is 0. The van der Waals surface area contributed by atoms with Crippen molar-refractivity contribution in [3.05, 3.63) is 0 Å². The van der Waals surface area contributed by atoms with Gasteiger partial charge in [-0.15, -0.1) is 0 Å². The number of hydrogen-bond acceptors (Lipinski definition) is 8. The molecule has 0 aromatic rings. The summed E-state index contributed by atoms with van der Waals surface area (Å²) in [4.78, 5) is 37.4. The Hall–Kier alpha value is -1.71. The van der Waals surface area contributed by atoms with E-state index in [1.165, 1.54) is 308 Å². The number of carbonyl (C=O) groups excluding carboxylic acids is 3. The minimum absolute atomic E-state index is 0.154. The molecule has 9 nitrogen and oxygen atoms in total. The van der Waals surface area contributed by atoms with Crippen LogP contribution in [0.2, 0.25) is 0 Å². The summed E-state index contributed by atoms with van der Waals surface area (Å²) < 4.78 is 22.8. The Kier molecular flexibility index (Phi) is 61.0. The van der Waals surface area contributed by atoms with Gasteiger partial charge in [0.15, 0.2) is 12.4 Å². The van der Waals surface area contributed by atoms with Crippen LogP contribution in [0.4, 0.5) is 0 Å². The third-order valence-electron chi connectivity index (χ3n) is 16.4. The van der Waals surface area contributed by atoms with Crippen molar-refractivity contribution in [1.29, 1.82) is 0 Å². The summed E-state index contributed by atoms with van der Waals surface area (Å²) in [5.74, 6) is -2.24. The number of ether oxygens (including phenoxy) is 4. The number of rotatable bonds is 67. The average molecular weight is 1120 g/mol. The lowest BCUT2D eigenvalue weighted by molar-refractivity contribution is -0.870. The van der Waals surface area contributed by atoms with Crippen molar-refractivity contribution in [3.63, 3.8) is 0 Å². The molecule has 470 valence electrons. The van der Waals surface area contributed by atoms with Gasteiger partial charge in [-0.05, 0) is 12.8 Å². The SMILES string of the molecule is CCCCCCCCCCCCCCCCCCCCCCCCCCCCCCCCCCCCC(=O)OC(COC(=O)CCCCCCCCCCCCCCCCCCCCCC)COC(OCC[N+](C)(C)C)C(=O)[O-]. The zero-order chi connectivity index (χ0) is 57.6. The Balaban J connectivity index is 3.99. The van der Waals surface area contributed by atoms with Crippen LogP contribution in [0.5, 0.6) is 0 Å². The van der Waals surface area contributed by atoms with E-state index in [1.54, 1.807) is 0 Å². The Morgan fingerprint density at radius 2 is 0.570 bits per heavy atom. The molecule has 9 heteroatoms. The molecule has 0 fully saturated rings. The number of quaternary nitrogens is 1. The highest BCUT2D eigenvalue weighted by atomic mass is 16.7. The van der Waals surface area contributed by atoms with E-state index in [1.807, 2.05) is 21.1 Å². The van der Waals surface area contributed by atoms with Crippen LogP contribution >= 0.6 is 0 Å². The monoisotopic (exact) mass is 1120 g/mol. The third-order valence-corrected chi connectivity index (χ3v) is 16.4. The van der Waals surface area contributed by atoms with Crippen LogP contribution in [-0.4, -0.2) is 82.3 Å². The largest absolute Gasteiger partial charge is 0.545 e. The number of nitrogens with zero attached hydrogens (tertiary/aromatic N) is 1. The second kappa shape index (κ2) is 62.3. The normalized spacial score (nSPS) is 12.6. The highest BCUT2D eigenvalue weighted by molar-refractivity contribution is 5.70. The number of carbonyl (C=O) groups is 3. The summed E-state index contributed by atoms with van der Waals surface area (Å²) in [5, 5.41) is 11.8. The molecule has 0 aliphatic carbocycles. The van der Waals surface area contributed by atoms with Crippen molar-refractivity contribution in [2.24, 2.45) is 0 Å². The van der Waals surface area contributed by atoms with Crippen LogP contribution in [0.1, 0.15) is 373 Å². The molecule has 0 aliphatic rings. The first kappa shape index (κ1) is 77.3. The minimum Gasteiger partial charge on any atom is -0.545 e. The molecule has 2 atom stereocenters. The van der Waals surface area contributed by atoms with Gasteiger partial charge in [0, 0.05) is 12.8 Å². The van der Waals surface area contributed by atoms with E-state index in [0.29, 0.717) is 17.4 Å². The van der Waals surface area contributed by atoms with Crippen molar-refractivity contribution in [2.75, 3.05) is 47.5 Å². The lowest BCUT2D eigenvalue weighted by atomic mass is 10.0. The molecule has 79 heavy (non-hydrogen) atoms. The van der Waals surface area contributed by atoms with Crippen LogP contribution in [-0.2, 0) is 33.3 Å². The summed E-state index contributed by atoms with van der Waals surface area (Å²) in [7, 11) is 5.95. The van der Waals surface area contributed by atoms with E-state index in [4.69, 9.17) is 18.9 Å². The van der Waals surface area contributed by atoms with E-state index < -0.39 is 24.3 Å². The molecule has 0 saturated heterocycles. The number of aliphatic carboxylic acids is 1. The van der Waals surface area contributed by atoms with Gasteiger partial charge in [-0.2, -0.15) is 0 Å². The van der Waals surface area contributed by atoms with Gasteiger partial charge in [0.2, 0.25) is 0 Å². The van der Waals surface area contributed by atoms with Gasteiger partial charge in [0.25, 0.3) is 0 Å². The highest BCUT2D eigenvalue weighted by Gasteiger charge is 2.22. The smallest absolute Gasteiger partial charge is 0.306 e. The van der Waals surface area contributed by atoms with Crippen LogP contribution in [0.3, 0.4) is 0 Å². The van der Waals surface area contributed by atoms with E-state index in [9.17, 15) is 19.5 Å². The first-order chi connectivity index (χ1) is 38.6. The predicted molar refractivity (Wildman–Crippen MR) is 334 cm³/mol. The summed E-state index contributed by atoms with van der Waals surface area (Å²) >= 11 is 0.